The molecule has 30 heavy (non-hydrogen) atoms. The second-order valence-electron chi connectivity index (χ2n) is 7.23. The first-order valence-electron chi connectivity index (χ1n) is 10.3. The zero-order chi connectivity index (χ0) is 21.3. The molecule has 3 rings (SSSR count). The number of aromatic hydroxyl groups is 1. The molecule has 0 radical (unpaired) electrons. The maximum Gasteiger partial charge on any atom is 0.341 e. The van der Waals surface area contributed by atoms with E-state index in [0.717, 1.165) is 57.0 Å². The summed E-state index contributed by atoms with van der Waals surface area (Å²) in [4.78, 5) is 16.7. The average Bonchev–Trinajstić information content (AvgIpc) is 2.79. The number of nitrogens with zero attached hydrogens (tertiary/aromatic N) is 2. The summed E-state index contributed by atoms with van der Waals surface area (Å²) >= 11 is 0. The summed E-state index contributed by atoms with van der Waals surface area (Å²) in [6.07, 6.45) is 1.90. The molecule has 0 amide bonds. The maximum absolute atomic E-state index is 11.8. The molecule has 0 saturated carbocycles. The largest absolute Gasteiger partial charge is 0.508 e. The van der Waals surface area contributed by atoms with Gasteiger partial charge >= 0.3 is 5.97 Å². The van der Waals surface area contributed by atoms with Gasteiger partial charge in [0.05, 0.1) is 26.5 Å². The van der Waals surface area contributed by atoms with Crippen molar-refractivity contribution in [2.75, 3.05) is 58.5 Å². The number of carbonyl (C=O) groups excluding carboxylic acids is 1. The molecule has 7 heteroatoms. The van der Waals surface area contributed by atoms with Crippen LogP contribution in [0.25, 0.3) is 0 Å². The molecule has 1 heterocycles. The summed E-state index contributed by atoms with van der Waals surface area (Å²) in [5, 5.41) is 9.58. The van der Waals surface area contributed by atoms with Crippen LogP contribution in [0.3, 0.4) is 0 Å². The van der Waals surface area contributed by atoms with Gasteiger partial charge in [0.15, 0.2) is 0 Å². The number of anilines is 1. The lowest BCUT2D eigenvalue weighted by Crippen LogP contribution is -2.46. The first-order valence-corrected chi connectivity index (χ1v) is 10.3. The molecule has 2 aromatic rings. The molecule has 162 valence electrons. The molecule has 2 aromatic carbocycles. The highest BCUT2D eigenvalue weighted by molar-refractivity contribution is 5.92. The molecular weight excluding hydrogens is 384 g/mol. The van der Waals surface area contributed by atoms with Crippen molar-refractivity contribution in [1.29, 1.82) is 0 Å². The van der Waals surface area contributed by atoms with Crippen LogP contribution in [-0.2, 0) is 4.74 Å². The summed E-state index contributed by atoms with van der Waals surface area (Å²) in [7, 11) is 3.02. The predicted molar refractivity (Wildman–Crippen MR) is 116 cm³/mol. The van der Waals surface area contributed by atoms with Crippen molar-refractivity contribution in [1.82, 2.24) is 4.90 Å². The Morgan fingerprint density at radius 2 is 1.77 bits per heavy atom. The Hall–Kier alpha value is -2.93. The molecular formula is C23H30N2O5. The maximum atomic E-state index is 11.8. The first kappa shape index (κ1) is 21.8. The van der Waals surface area contributed by atoms with Crippen molar-refractivity contribution in [3.05, 3.63) is 48.0 Å². The van der Waals surface area contributed by atoms with Crippen LogP contribution in [0.4, 0.5) is 5.69 Å². The minimum atomic E-state index is -0.520. The smallest absolute Gasteiger partial charge is 0.341 e. The fraction of sp³-hybridized carbons (Fsp3) is 0.435. The number of hydrogen-bond donors (Lipinski definition) is 1. The number of benzene rings is 2. The summed E-state index contributed by atoms with van der Waals surface area (Å²) in [5.41, 5.74) is 1.40. The van der Waals surface area contributed by atoms with Gasteiger partial charge in [-0.3, -0.25) is 4.90 Å². The number of phenolic OH excluding ortho intramolecular Hbond substituents is 1. The molecule has 1 aliphatic rings. The minimum absolute atomic E-state index is 0.00927. The van der Waals surface area contributed by atoms with E-state index in [2.05, 4.69) is 15.9 Å². The average molecular weight is 415 g/mol. The quantitative estimate of drug-likeness (QED) is 0.499. The summed E-state index contributed by atoms with van der Waals surface area (Å²) < 4.78 is 16.0. The van der Waals surface area contributed by atoms with E-state index in [-0.39, 0.29) is 11.3 Å². The number of para-hydroxylation sites is 2. The topological polar surface area (TPSA) is 71.5 Å². The van der Waals surface area contributed by atoms with E-state index < -0.39 is 5.97 Å². The van der Waals surface area contributed by atoms with Crippen LogP contribution in [-0.4, -0.2) is 69.5 Å². The third-order valence-corrected chi connectivity index (χ3v) is 5.29. The standard InChI is InChI=1S/C23H30N2O5/c1-28-22-8-4-3-7-20(22)25-14-12-24(13-15-25)11-5-6-16-30-21-10-9-18(26)17-19(21)23(27)29-2/h3-4,7-10,17,26H,5-6,11-16H2,1-2H3. The molecule has 7 nitrogen and oxygen atoms in total. The van der Waals surface area contributed by atoms with E-state index in [9.17, 15) is 9.90 Å². The number of methoxy groups -OCH3 is 2. The van der Waals surface area contributed by atoms with Gasteiger partial charge in [0.25, 0.3) is 0 Å². The van der Waals surface area contributed by atoms with Gasteiger partial charge < -0.3 is 24.2 Å². The van der Waals surface area contributed by atoms with Crippen LogP contribution in [0.2, 0.25) is 0 Å². The van der Waals surface area contributed by atoms with Crippen LogP contribution in [0.5, 0.6) is 17.2 Å². The van der Waals surface area contributed by atoms with E-state index in [1.807, 2.05) is 18.2 Å². The van der Waals surface area contributed by atoms with Gasteiger partial charge in [-0.1, -0.05) is 12.1 Å². The van der Waals surface area contributed by atoms with Crippen molar-refractivity contribution < 1.29 is 24.1 Å². The van der Waals surface area contributed by atoms with E-state index >= 15 is 0 Å². The highest BCUT2D eigenvalue weighted by Gasteiger charge is 2.19. The van der Waals surface area contributed by atoms with Crippen molar-refractivity contribution in [3.63, 3.8) is 0 Å². The van der Waals surface area contributed by atoms with Gasteiger partial charge in [-0.25, -0.2) is 4.79 Å². The highest BCUT2D eigenvalue weighted by atomic mass is 16.5. The van der Waals surface area contributed by atoms with Gasteiger partial charge in [-0.2, -0.15) is 0 Å². The fourth-order valence-corrected chi connectivity index (χ4v) is 3.64. The van der Waals surface area contributed by atoms with Crippen LogP contribution < -0.4 is 14.4 Å². The Bertz CT molecular complexity index is 834. The third kappa shape index (κ3) is 5.57. The molecule has 0 aliphatic carbocycles. The second-order valence-corrected chi connectivity index (χ2v) is 7.23. The molecule has 0 spiro atoms. The number of esters is 1. The Labute approximate surface area is 177 Å². The molecule has 0 aromatic heterocycles. The molecule has 1 N–H and O–H groups in total. The monoisotopic (exact) mass is 414 g/mol. The summed E-state index contributed by atoms with van der Waals surface area (Å²) in [6, 6.07) is 12.6. The van der Waals surface area contributed by atoms with Crippen molar-refractivity contribution >= 4 is 11.7 Å². The molecule has 1 aliphatic heterocycles. The van der Waals surface area contributed by atoms with Crippen molar-refractivity contribution in [2.24, 2.45) is 0 Å². The molecule has 0 unspecified atom stereocenters. The summed E-state index contributed by atoms with van der Waals surface area (Å²) in [5.74, 6) is 0.845. The predicted octanol–water partition coefficient (Wildman–Crippen LogP) is 3.17. The van der Waals surface area contributed by atoms with Crippen LogP contribution in [0.15, 0.2) is 42.5 Å². The highest BCUT2D eigenvalue weighted by Crippen LogP contribution is 2.28. The van der Waals surface area contributed by atoms with E-state index in [4.69, 9.17) is 14.2 Å². The lowest BCUT2D eigenvalue weighted by atomic mass is 10.2. The zero-order valence-corrected chi connectivity index (χ0v) is 17.7. The van der Waals surface area contributed by atoms with Crippen LogP contribution in [0.1, 0.15) is 23.2 Å². The second kappa shape index (κ2) is 10.7. The number of phenols is 1. The number of hydrogen-bond acceptors (Lipinski definition) is 7. The van der Waals surface area contributed by atoms with E-state index in [1.54, 1.807) is 13.2 Å². The molecule has 1 saturated heterocycles. The van der Waals surface area contributed by atoms with Gasteiger partial charge in [-0.05, 0) is 49.7 Å². The molecule has 1 fully saturated rings. The number of rotatable bonds is 9. The van der Waals surface area contributed by atoms with Crippen LogP contribution >= 0.6 is 0 Å². The Balaban J connectivity index is 1.39. The number of piperazine rings is 1. The lowest BCUT2D eigenvalue weighted by molar-refractivity contribution is 0.0595. The number of ether oxygens (including phenoxy) is 3. The van der Waals surface area contributed by atoms with Gasteiger partial charge in [0.1, 0.15) is 22.8 Å². The van der Waals surface area contributed by atoms with Crippen LogP contribution in [0, 0.1) is 0 Å². The number of unbranched alkanes of at least 4 members (excludes halogenated alkanes) is 1. The SMILES string of the molecule is COC(=O)c1cc(O)ccc1OCCCCN1CCN(c2ccccc2OC)CC1. The van der Waals surface area contributed by atoms with Crippen molar-refractivity contribution in [3.8, 4) is 17.2 Å². The normalized spacial score (nSPS) is 14.4. The van der Waals surface area contributed by atoms with E-state index in [1.165, 1.54) is 19.2 Å². The Morgan fingerprint density at radius 1 is 1.00 bits per heavy atom. The Morgan fingerprint density at radius 3 is 2.50 bits per heavy atom. The van der Waals surface area contributed by atoms with Gasteiger partial charge in [0, 0.05) is 26.2 Å². The van der Waals surface area contributed by atoms with Gasteiger partial charge in [0.2, 0.25) is 0 Å². The number of carbonyl (C=O) groups is 1. The van der Waals surface area contributed by atoms with Gasteiger partial charge in [-0.15, -0.1) is 0 Å². The first-order chi connectivity index (χ1) is 14.6. The lowest BCUT2D eigenvalue weighted by Gasteiger charge is -2.36. The third-order valence-electron chi connectivity index (χ3n) is 5.29. The zero-order valence-electron chi connectivity index (χ0n) is 17.7. The Kier molecular flexibility index (Phi) is 7.79. The minimum Gasteiger partial charge on any atom is -0.508 e. The summed E-state index contributed by atoms with van der Waals surface area (Å²) in [6.45, 7) is 5.52. The molecule has 0 bridgehead atoms. The van der Waals surface area contributed by atoms with E-state index in [0.29, 0.717) is 12.4 Å². The fourth-order valence-electron chi connectivity index (χ4n) is 3.64. The molecule has 0 atom stereocenters. The van der Waals surface area contributed by atoms with Crippen molar-refractivity contribution in [2.45, 2.75) is 12.8 Å².